The van der Waals surface area contributed by atoms with Crippen LogP contribution in [-0.4, -0.2) is 23.9 Å². The summed E-state index contributed by atoms with van der Waals surface area (Å²) < 4.78 is 0. The molecule has 1 aliphatic heterocycles. The zero-order chi connectivity index (χ0) is 17.6. The predicted molar refractivity (Wildman–Crippen MR) is 104 cm³/mol. The van der Waals surface area contributed by atoms with Crippen LogP contribution in [0.4, 0.5) is 5.69 Å². The molecule has 1 atom stereocenters. The van der Waals surface area contributed by atoms with Crippen molar-refractivity contribution in [1.29, 1.82) is 0 Å². The van der Waals surface area contributed by atoms with Crippen LogP contribution < -0.4 is 5.32 Å². The van der Waals surface area contributed by atoms with Crippen LogP contribution >= 0.6 is 11.6 Å². The Bertz CT molecular complexity index is 731. The molecule has 25 heavy (non-hydrogen) atoms. The van der Waals surface area contributed by atoms with E-state index < -0.39 is 0 Å². The molecule has 0 aromatic heterocycles. The molecule has 1 fully saturated rings. The summed E-state index contributed by atoms with van der Waals surface area (Å²) in [4.78, 5) is 15.1. The fourth-order valence-corrected chi connectivity index (χ4v) is 3.66. The molecular weight excluding hydrogens is 332 g/mol. The van der Waals surface area contributed by atoms with Gasteiger partial charge in [0.25, 0.3) is 0 Å². The van der Waals surface area contributed by atoms with E-state index in [1.807, 2.05) is 36.4 Å². The minimum Gasteiger partial charge on any atom is -0.326 e. The molecule has 1 saturated heterocycles. The third-order valence-corrected chi connectivity index (χ3v) is 5.25. The first-order valence-electron chi connectivity index (χ1n) is 9.02. The Morgan fingerprint density at radius 3 is 2.64 bits per heavy atom. The van der Waals surface area contributed by atoms with Crippen molar-refractivity contribution in [2.75, 3.05) is 18.4 Å². The molecule has 4 heteroatoms. The molecule has 0 saturated carbocycles. The van der Waals surface area contributed by atoms with Crippen LogP contribution in [-0.2, 0) is 17.8 Å². The number of hydrogen-bond acceptors (Lipinski definition) is 2. The molecule has 1 N–H and O–H groups in total. The summed E-state index contributed by atoms with van der Waals surface area (Å²) in [7, 11) is 0. The monoisotopic (exact) mass is 356 g/mol. The van der Waals surface area contributed by atoms with Gasteiger partial charge in [-0.15, -0.1) is 0 Å². The third kappa shape index (κ3) is 4.62. The van der Waals surface area contributed by atoms with Gasteiger partial charge in [0.1, 0.15) is 0 Å². The van der Waals surface area contributed by atoms with Gasteiger partial charge in [-0.2, -0.15) is 0 Å². The number of benzene rings is 2. The Morgan fingerprint density at radius 2 is 1.88 bits per heavy atom. The summed E-state index contributed by atoms with van der Waals surface area (Å²) in [5.74, 6) is 0.158. The topological polar surface area (TPSA) is 32.3 Å². The fraction of sp³-hybridized carbons (Fsp3) is 0.381. The molecule has 3 rings (SSSR count). The second-order valence-corrected chi connectivity index (χ2v) is 7.07. The van der Waals surface area contributed by atoms with Gasteiger partial charge in [0, 0.05) is 23.8 Å². The molecule has 1 amide bonds. The zero-order valence-electron chi connectivity index (χ0n) is 14.7. The summed E-state index contributed by atoms with van der Waals surface area (Å²) in [6.07, 6.45) is 2.90. The largest absolute Gasteiger partial charge is 0.326 e. The summed E-state index contributed by atoms with van der Waals surface area (Å²) in [5, 5.41) is 3.93. The fourth-order valence-electron chi connectivity index (χ4n) is 3.47. The molecule has 3 nitrogen and oxygen atoms in total. The minimum atomic E-state index is 0.0288. The van der Waals surface area contributed by atoms with Crippen molar-refractivity contribution >= 4 is 23.2 Å². The van der Waals surface area contributed by atoms with Crippen LogP contribution in [0, 0.1) is 5.92 Å². The number of nitrogens with one attached hydrogen (secondary N) is 1. The number of carbonyl (C=O) groups excluding carboxylic acids is 1. The number of nitrogens with zero attached hydrogens (tertiary/aromatic N) is 1. The molecule has 2 aromatic rings. The van der Waals surface area contributed by atoms with E-state index in [1.165, 1.54) is 5.56 Å². The van der Waals surface area contributed by atoms with Crippen molar-refractivity contribution in [2.24, 2.45) is 5.92 Å². The highest BCUT2D eigenvalue weighted by molar-refractivity contribution is 6.31. The summed E-state index contributed by atoms with van der Waals surface area (Å²) in [6, 6.07) is 16.0. The van der Waals surface area contributed by atoms with E-state index in [2.05, 4.69) is 29.3 Å². The Balaban J connectivity index is 1.63. The summed E-state index contributed by atoms with van der Waals surface area (Å²) >= 11 is 6.28. The van der Waals surface area contributed by atoms with Gasteiger partial charge in [0.2, 0.25) is 5.91 Å². The number of halogens is 1. The first-order valence-corrected chi connectivity index (χ1v) is 9.39. The van der Waals surface area contributed by atoms with Gasteiger partial charge in [-0.1, -0.05) is 54.9 Å². The zero-order valence-corrected chi connectivity index (χ0v) is 15.4. The van der Waals surface area contributed by atoms with Crippen molar-refractivity contribution in [3.05, 3.63) is 64.7 Å². The van der Waals surface area contributed by atoms with Crippen LogP contribution in [0.3, 0.4) is 0 Å². The van der Waals surface area contributed by atoms with E-state index in [-0.39, 0.29) is 11.8 Å². The molecule has 2 aromatic carbocycles. The predicted octanol–water partition coefficient (Wildman–Crippen LogP) is 4.75. The quantitative estimate of drug-likeness (QED) is 0.838. The maximum Gasteiger partial charge on any atom is 0.228 e. The standard InChI is InChI=1S/C21H25ClN2O/c1-2-16-8-4-6-12-20(16)23-21(25)18-10-7-13-24(15-18)14-17-9-3-5-11-19(17)22/h3-6,8-9,11-12,18H,2,7,10,13-15H2,1H3,(H,23,25)/t18-/m0/s1. The highest BCUT2D eigenvalue weighted by Gasteiger charge is 2.26. The Morgan fingerprint density at radius 1 is 1.16 bits per heavy atom. The van der Waals surface area contributed by atoms with Gasteiger partial charge in [-0.3, -0.25) is 9.69 Å². The first kappa shape index (κ1) is 18.0. The van der Waals surface area contributed by atoms with Gasteiger partial charge in [0.15, 0.2) is 0 Å². The van der Waals surface area contributed by atoms with Crippen molar-refractivity contribution in [3.8, 4) is 0 Å². The molecule has 132 valence electrons. The number of rotatable bonds is 5. The smallest absolute Gasteiger partial charge is 0.228 e. The van der Waals surface area contributed by atoms with Gasteiger partial charge < -0.3 is 5.32 Å². The average Bonchev–Trinajstić information content (AvgIpc) is 2.64. The lowest BCUT2D eigenvalue weighted by atomic mass is 9.96. The maximum absolute atomic E-state index is 12.7. The van der Waals surface area contributed by atoms with Crippen molar-refractivity contribution in [1.82, 2.24) is 4.90 Å². The molecule has 0 unspecified atom stereocenters. The third-order valence-electron chi connectivity index (χ3n) is 4.88. The molecule has 0 spiro atoms. The van der Waals surface area contributed by atoms with Crippen molar-refractivity contribution < 1.29 is 4.79 Å². The van der Waals surface area contributed by atoms with E-state index in [0.29, 0.717) is 0 Å². The first-order chi connectivity index (χ1) is 12.2. The molecule has 0 bridgehead atoms. The molecule has 1 heterocycles. The summed E-state index contributed by atoms with van der Waals surface area (Å²) in [6.45, 7) is 4.71. The number of carbonyl (C=O) groups is 1. The lowest BCUT2D eigenvalue weighted by Crippen LogP contribution is -2.40. The second kappa shape index (κ2) is 8.50. The van der Waals surface area contributed by atoms with E-state index >= 15 is 0 Å². The highest BCUT2D eigenvalue weighted by atomic mass is 35.5. The van der Waals surface area contributed by atoms with Gasteiger partial charge in [-0.05, 0) is 49.1 Å². The van der Waals surface area contributed by atoms with Crippen LogP contribution in [0.25, 0.3) is 0 Å². The van der Waals surface area contributed by atoms with Crippen LogP contribution in [0.15, 0.2) is 48.5 Å². The Hall–Kier alpha value is -1.84. The average molecular weight is 357 g/mol. The molecule has 0 radical (unpaired) electrons. The van der Waals surface area contributed by atoms with Gasteiger partial charge in [0.05, 0.1) is 5.92 Å². The number of anilines is 1. The Kier molecular flexibility index (Phi) is 6.11. The number of amides is 1. The van der Waals surface area contributed by atoms with E-state index in [0.717, 1.165) is 55.2 Å². The molecule has 1 aliphatic rings. The van der Waals surface area contributed by atoms with E-state index in [4.69, 9.17) is 11.6 Å². The van der Waals surface area contributed by atoms with E-state index in [9.17, 15) is 4.79 Å². The van der Waals surface area contributed by atoms with Crippen LogP contribution in [0.2, 0.25) is 5.02 Å². The molecular formula is C21H25ClN2O. The normalized spacial score (nSPS) is 18.1. The van der Waals surface area contributed by atoms with Crippen LogP contribution in [0.5, 0.6) is 0 Å². The van der Waals surface area contributed by atoms with Gasteiger partial charge >= 0.3 is 0 Å². The number of para-hydroxylation sites is 1. The second-order valence-electron chi connectivity index (χ2n) is 6.67. The highest BCUT2D eigenvalue weighted by Crippen LogP contribution is 2.24. The number of likely N-dealkylation sites (tertiary alicyclic amines) is 1. The molecule has 0 aliphatic carbocycles. The number of hydrogen-bond donors (Lipinski definition) is 1. The SMILES string of the molecule is CCc1ccccc1NC(=O)[C@H]1CCCN(Cc2ccccc2Cl)C1. The summed E-state index contributed by atoms with van der Waals surface area (Å²) in [5.41, 5.74) is 3.25. The van der Waals surface area contributed by atoms with Crippen molar-refractivity contribution in [3.63, 3.8) is 0 Å². The Labute approximate surface area is 155 Å². The maximum atomic E-state index is 12.7. The van der Waals surface area contributed by atoms with E-state index in [1.54, 1.807) is 0 Å². The number of aryl methyl sites for hydroxylation is 1. The van der Waals surface area contributed by atoms with Gasteiger partial charge in [-0.25, -0.2) is 0 Å². The lowest BCUT2D eigenvalue weighted by molar-refractivity contribution is -0.121. The van der Waals surface area contributed by atoms with Crippen molar-refractivity contribution in [2.45, 2.75) is 32.7 Å². The van der Waals surface area contributed by atoms with Crippen LogP contribution in [0.1, 0.15) is 30.9 Å². The number of piperidine rings is 1. The minimum absolute atomic E-state index is 0.0288. The lowest BCUT2D eigenvalue weighted by Gasteiger charge is -2.32.